The molecule has 2 fully saturated rings. The molecule has 2 aromatic carbocycles. The van der Waals surface area contributed by atoms with Crippen LogP contribution >= 0.6 is 0 Å². The number of halogens is 1. The van der Waals surface area contributed by atoms with Crippen LogP contribution in [0.4, 0.5) is 15.9 Å². The van der Waals surface area contributed by atoms with E-state index in [1.54, 1.807) is 35.0 Å². The van der Waals surface area contributed by atoms with Gasteiger partial charge in [-0.3, -0.25) is 15.2 Å². The minimum Gasteiger partial charge on any atom is -0.388 e. The van der Waals surface area contributed by atoms with E-state index in [1.807, 2.05) is 35.4 Å². The van der Waals surface area contributed by atoms with Crippen LogP contribution in [0.3, 0.4) is 0 Å². The number of piperazine rings is 1. The molecule has 0 unspecified atom stereocenters. The van der Waals surface area contributed by atoms with Crippen LogP contribution in [0.25, 0.3) is 11.1 Å². The number of hydrogen-bond donors (Lipinski definition) is 4. The summed E-state index contributed by atoms with van der Waals surface area (Å²) >= 11 is 0. The minimum absolute atomic E-state index is 0.00683. The lowest BCUT2D eigenvalue weighted by Crippen LogP contribution is -2.46. The molecule has 0 radical (unpaired) electrons. The van der Waals surface area contributed by atoms with E-state index >= 15 is 0 Å². The van der Waals surface area contributed by atoms with Crippen molar-refractivity contribution in [3.63, 3.8) is 0 Å². The Kier molecular flexibility index (Phi) is 6.81. The number of hydrogen-bond acceptors (Lipinski definition) is 8. The summed E-state index contributed by atoms with van der Waals surface area (Å²) in [7, 11) is 0. The second-order valence-corrected chi connectivity index (χ2v) is 10.1. The van der Waals surface area contributed by atoms with E-state index in [0.29, 0.717) is 36.7 Å². The van der Waals surface area contributed by atoms with Crippen LogP contribution in [0.2, 0.25) is 0 Å². The van der Waals surface area contributed by atoms with E-state index in [2.05, 4.69) is 15.7 Å². The molecular weight excluding hydrogens is 503 g/mol. The molecule has 0 aliphatic carbocycles. The van der Waals surface area contributed by atoms with Crippen molar-refractivity contribution in [2.24, 2.45) is 4.99 Å². The maximum Gasteiger partial charge on any atom is 0.253 e. The van der Waals surface area contributed by atoms with Crippen LogP contribution in [0, 0.1) is 5.82 Å². The lowest BCUT2D eigenvalue weighted by Gasteiger charge is -2.27. The van der Waals surface area contributed by atoms with Crippen LogP contribution in [0.1, 0.15) is 29.1 Å². The van der Waals surface area contributed by atoms with Crippen molar-refractivity contribution in [3.8, 4) is 11.1 Å². The molecule has 0 saturated carbocycles. The van der Waals surface area contributed by atoms with Gasteiger partial charge >= 0.3 is 0 Å². The average molecular weight is 535 g/mol. The van der Waals surface area contributed by atoms with Gasteiger partial charge in [-0.05, 0) is 48.9 Å². The molecular formula is C28H31FN6O4. The average Bonchev–Trinajstić information content (AvgIpc) is 3.46. The number of carbonyl (C=O) groups excluding carboxylic acids is 1. The first kappa shape index (κ1) is 25.5. The van der Waals surface area contributed by atoms with Crippen molar-refractivity contribution in [1.82, 2.24) is 19.8 Å². The van der Waals surface area contributed by atoms with Crippen LogP contribution in [0.15, 0.2) is 59.7 Å². The largest absolute Gasteiger partial charge is 0.388 e. The molecule has 10 nitrogen and oxygen atoms in total. The van der Waals surface area contributed by atoms with Gasteiger partial charge in [0, 0.05) is 49.1 Å². The summed E-state index contributed by atoms with van der Waals surface area (Å²) in [5.41, 5.74) is 7.16. The molecule has 204 valence electrons. The molecule has 39 heavy (non-hydrogen) atoms. The number of carbonyl (C=O) groups is 1. The lowest BCUT2D eigenvalue weighted by atomic mass is 10.0. The molecule has 1 amide bonds. The Morgan fingerprint density at radius 3 is 2.46 bits per heavy atom. The summed E-state index contributed by atoms with van der Waals surface area (Å²) in [6.07, 6.45) is 0.0215. The first-order valence-electron chi connectivity index (χ1n) is 13.1. The van der Waals surface area contributed by atoms with Gasteiger partial charge in [0.2, 0.25) is 0 Å². The molecule has 1 aromatic heterocycles. The van der Waals surface area contributed by atoms with Gasteiger partial charge in [-0.1, -0.05) is 12.1 Å². The highest BCUT2D eigenvalue weighted by Gasteiger charge is 2.43. The second-order valence-electron chi connectivity index (χ2n) is 10.1. The Morgan fingerprint density at radius 1 is 1.08 bits per heavy atom. The summed E-state index contributed by atoms with van der Waals surface area (Å²) in [6, 6.07) is 13.5. The molecule has 3 aliphatic rings. The maximum absolute atomic E-state index is 13.4. The molecule has 4 atom stereocenters. The number of aliphatic hydroxyl groups is 2. The fraction of sp³-hybridized carbons (Fsp3) is 0.357. The van der Waals surface area contributed by atoms with Gasteiger partial charge in [-0.15, -0.1) is 0 Å². The third-order valence-electron chi connectivity index (χ3n) is 7.47. The maximum atomic E-state index is 13.4. The molecule has 11 heteroatoms. The predicted molar refractivity (Wildman–Crippen MR) is 144 cm³/mol. The molecule has 4 heterocycles. The van der Waals surface area contributed by atoms with E-state index in [-0.39, 0.29) is 11.7 Å². The van der Waals surface area contributed by atoms with E-state index in [1.165, 1.54) is 12.1 Å². The van der Waals surface area contributed by atoms with Gasteiger partial charge in [0.1, 0.15) is 30.2 Å². The monoisotopic (exact) mass is 534 g/mol. The van der Waals surface area contributed by atoms with Gasteiger partial charge in [0.25, 0.3) is 5.91 Å². The number of anilines is 1. The van der Waals surface area contributed by atoms with E-state index < -0.39 is 24.5 Å². The lowest BCUT2D eigenvalue weighted by molar-refractivity contribution is -0.0308. The van der Waals surface area contributed by atoms with Crippen molar-refractivity contribution < 1.29 is 24.1 Å². The van der Waals surface area contributed by atoms with Crippen LogP contribution in [0.5, 0.6) is 0 Å². The first-order chi connectivity index (χ1) is 18.9. The molecule has 3 aliphatic heterocycles. The van der Waals surface area contributed by atoms with E-state index in [0.717, 1.165) is 29.8 Å². The number of aliphatic imine (C=N–C) groups is 1. The summed E-state index contributed by atoms with van der Waals surface area (Å²) in [5.74, 6) is 0.292. The highest BCUT2D eigenvalue weighted by atomic mass is 19.1. The number of aliphatic hydroxyl groups excluding tert-OH is 2. The third-order valence-corrected chi connectivity index (χ3v) is 7.47. The number of ether oxygens (including phenoxy) is 1. The quantitative estimate of drug-likeness (QED) is 0.398. The van der Waals surface area contributed by atoms with Crippen molar-refractivity contribution in [2.45, 2.75) is 38.0 Å². The third kappa shape index (κ3) is 4.89. The number of amides is 1. The number of aromatic nitrogens is 1. The minimum atomic E-state index is -1.12. The normalized spacial score (nSPS) is 24.6. The number of hydrazine groups is 1. The van der Waals surface area contributed by atoms with Gasteiger partial charge in [0.15, 0.2) is 6.23 Å². The number of nitrogens with one attached hydrogen (secondary N) is 2. The molecule has 6 rings (SSSR count). The predicted octanol–water partition coefficient (Wildman–Crippen LogP) is 2.48. The zero-order chi connectivity index (χ0) is 27.1. The van der Waals surface area contributed by atoms with Gasteiger partial charge in [-0.25, -0.2) is 9.38 Å². The molecule has 2 saturated heterocycles. The van der Waals surface area contributed by atoms with Gasteiger partial charge < -0.3 is 29.7 Å². The number of benzene rings is 2. The topological polar surface area (TPSA) is 115 Å². The van der Waals surface area contributed by atoms with Gasteiger partial charge in [-0.2, -0.15) is 0 Å². The molecule has 0 bridgehead atoms. The fourth-order valence-corrected chi connectivity index (χ4v) is 5.29. The van der Waals surface area contributed by atoms with Crippen LogP contribution < -0.4 is 10.7 Å². The molecule has 0 spiro atoms. The first-order valence-corrected chi connectivity index (χ1v) is 13.1. The number of rotatable bonds is 5. The van der Waals surface area contributed by atoms with Crippen molar-refractivity contribution in [2.75, 3.05) is 31.6 Å². The highest BCUT2D eigenvalue weighted by molar-refractivity contribution is 5.95. The Morgan fingerprint density at radius 2 is 1.79 bits per heavy atom. The van der Waals surface area contributed by atoms with Gasteiger partial charge in [0.05, 0.1) is 18.3 Å². The fourth-order valence-electron chi connectivity index (χ4n) is 5.29. The Bertz CT molecular complexity index is 1370. The van der Waals surface area contributed by atoms with Crippen molar-refractivity contribution in [1.29, 1.82) is 0 Å². The zero-order valence-corrected chi connectivity index (χ0v) is 21.5. The van der Waals surface area contributed by atoms with E-state index in [4.69, 9.17) is 4.74 Å². The van der Waals surface area contributed by atoms with Crippen LogP contribution in [-0.2, 0) is 11.3 Å². The van der Waals surface area contributed by atoms with Crippen LogP contribution in [-0.4, -0.2) is 81.4 Å². The Hall–Kier alpha value is -3.77. The zero-order valence-electron chi connectivity index (χ0n) is 21.5. The standard InChI is InChI=1S/C28H31FN6O4/c1-17-24(36)25(37)28(39-17)35-15-22(18-2-4-19(5-3-18)27(38)33-12-10-30-11-13-33)23-14-34(16-31-26(23)35)32-21-8-6-20(29)7-9-21/h2-9,15-17,24-25,28,30,32,36-37H,10-14H2,1H3/t17-,24-,25-,28-/m1/s1. The number of fused-ring (bicyclic) bond motifs is 1. The SMILES string of the molecule is C[C@H]1O[C@@H](n2cc(-c3ccc(C(=O)N4CCNCC4)cc3)c3c2N=CN(Nc2ccc(F)cc2)C3)[C@H](O)[C@@H]1O. The second kappa shape index (κ2) is 10.4. The van der Waals surface area contributed by atoms with E-state index in [9.17, 15) is 19.4 Å². The summed E-state index contributed by atoms with van der Waals surface area (Å²) in [6.45, 7) is 5.07. The summed E-state index contributed by atoms with van der Waals surface area (Å²) < 4.78 is 21.0. The molecule has 4 N–H and O–H groups in total. The highest BCUT2D eigenvalue weighted by Crippen LogP contribution is 2.41. The number of nitrogens with zero attached hydrogens (tertiary/aromatic N) is 4. The Labute approximate surface area is 225 Å². The summed E-state index contributed by atoms with van der Waals surface area (Å²) in [4.78, 5) is 19.5. The van der Waals surface area contributed by atoms with Crippen molar-refractivity contribution >= 4 is 23.8 Å². The molecule has 3 aromatic rings. The smallest absolute Gasteiger partial charge is 0.253 e. The summed E-state index contributed by atoms with van der Waals surface area (Å²) in [5, 5.41) is 26.1. The Balaban J connectivity index is 1.32. The van der Waals surface area contributed by atoms with Crippen molar-refractivity contribution in [3.05, 3.63) is 71.7 Å².